The highest BCUT2D eigenvalue weighted by molar-refractivity contribution is 6.32. The molecular weight excluding hydrogens is 444 g/mol. The van der Waals surface area contributed by atoms with E-state index < -0.39 is 11.7 Å². The first-order valence-electron chi connectivity index (χ1n) is 9.21. The molecule has 0 bridgehead atoms. The summed E-state index contributed by atoms with van der Waals surface area (Å²) in [6.45, 7) is 0.556. The molecule has 1 N–H and O–H groups in total. The Morgan fingerprint density at radius 3 is 2.84 bits per heavy atom. The van der Waals surface area contributed by atoms with Gasteiger partial charge in [0.15, 0.2) is 5.76 Å². The van der Waals surface area contributed by atoms with Crippen LogP contribution in [-0.4, -0.2) is 15.7 Å². The number of carbonyl (C=O) groups is 1. The van der Waals surface area contributed by atoms with Crippen molar-refractivity contribution in [3.05, 3.63) is 99.9 Å². The summed E-state index contributed by atoms with van der Waals surface area (Å²) in [5, 5.41) is 7.77. The molecule has 0 aliphatic carbocycles. The van der Waals surface area contributed by atoms with E-state index in [-0.39, 0.29) is 17.4 Å². The molecule has 0 aliphatic rings. The maximum atomic E-state index is 13.1. The van der Waals surface area contributed by atoms with Crippen molar-refractivity contribution in [2.24, 2.45) is 0 Å². The Hall–Kier alpha value is -3.29. The number of rotatable bonds is 7. The van der Waals surface area contributed by atoms with Crippen LogP contribution in [0.25, 0.3) is 0 Å². The smallest absolute Gasteiger partial charge is 0.291 e. The van der Waals surface area contributed by atoms with Gasteiger partial charge in [-0.1, -0.05) is 35.3 Å². The van der Waals surface area contributed by atoms with Crippen LogP contribution < -0.4 is 10.1 Å². The van der Waals surface area contributed by atoms with E-state index in [2.05, 4.69) is 10.4 Å². The molecule has 158 valence electrons. The Balaban J connectivity index is 1.34. The minimum absolute atomic E-state index is 0.0379. The third kappa shape index (κ3) is 5.45. The molecule has 0 fully saturated rings. The summed E-state index contributed by atoms with van der Waals surface area (Å²) >= 11 is 11.9. The number of ether oxygens (including phenoxy) is 1. The first kappa shape index (κ1) is 21.0. The minimum Gasteiger partial charge on any atom is -0.484 e. The molecule has 6 nitrogen and oxygen atoms in total. The third-order valence-corrected chi connectivity index (χ3v) is 4.80. The fourth-order valence-corrected chi connectivity index (χ4v) is 3.28. The highest BCUT2D eigenvalue weighted by Crippen LogP contribution is 2.26. The molecule has 0 saturated carbocycles. The highest BCUT2D eigenvalue weighted by atomic mass is 35.5. The van der Waals surface area contributed by atoms with Gasteiger partial charge in [-0.05, 0) is 48.0 Å². The van der Waals surface area contributed by atoms with E-state index in [0.29, 0.717) is 28.8 Å². The molecule has 0 atom stereocenters. The molecule has 0 aliphatic heterocycles. The number of furan rings is 1. The van der Waals surface area contributed by atoms with Crippen LogP contribution in [0.4, 0.5) is 10.1 Å². The Kier molecular flexibility index (Phi) is 6.25. The Morgan fingerprint density at radius 1 is 1.16 bits per heavy atom. The number of amides is 1. The molecule has 0 spiro atoms. The van der Waals surface area contributed by atoms with E-state index >= 15 is 0 Å². The number of nitrogens with one attached hydrogen (secondary N) is 1. The normalized spacial score (nSPS) is 10.8. The number of aromatic nitrogens is 2. The quantitative estimate of drug-likeness (QED) is 0.379. The number of halogens is 3. The second-order valence-electron chi connectivity index (χ2n) is 6.64. The standard InChI is InChI=1S/C22H16Cl2FN3O3/c23-15-3-1-2-14(8-15)11-28-12-17(10-26-28)27-22(29)21-7-5-18(31-21)13-30-20-6-4-16(25)9-19(20)24/h1-10,12H,11,13H2,(H,27,29). The Morgan fingerprint density at radius 2 is 2.03 bits per heavy atom. The molecule has 1 amide bonds. The molecule has 0 saturated heterocycles. The second-order valence-corrected chi connectivity index (χ2v) is 7.48. The van der Waals surface area contributed by atoms with Crippen LogP contribution in [0.1, 0.15) is 21.9 Å². The van der Waals surface area contributed by atoms with Gasteiger partial charge in [0.05, 0.1) is 23.5 Å². The van der Waals surface area contributed by atoms with E-state index in [4.69, 9.17) is 32.4 Å². The van der Waals surface area contributed by atoms with Crippen LogP contribution in [0.2, 0.25) is 10.0 Å². The first-order valence-corrected chi connectivity index (χ1v) is 9.97. The maximum Gasteiger partial charge on any atom is 0.291 e. The zero-order chi connectivity index (χ0) is 21.8. The van der Waals surface area contributed by atoms with Crippen molar-refractivity contribution in [1.29, 1.82) is 0 Å². The van der Waals surface area contributed by atoms with Crippen molar-refractivity contribution in [2.45, 2.75) is 13.2 Å². The number of hydrogen-bond acceptors (Lipinski definition) is 4. The molecule has 31 heavy (non-hydrogen) atoms. The molecular formula is C22H16Cl2FN3O3. The average Bonchev–Trinajstić information content (AvgIpc) is 3.37. The van der Waals surface area contributed by atoms with Gasteiger partial charge in [0, 0.05) is 11.2 Å². The summed E-state index contributed by atoms with van der Waals surface area (Å²) in [7, 11) is 0. The zero-order valence-corrected chi connectivity index (χ0v) is 17.5. The van der Waals surface area contributed by atoms with Crippen LogP contribution in [0.3, 0.4) is 0 Å². The topological polar surface area (TPSA) is 69.3 Å². The number of benzene rings is 2. The average molecular weight is 460 g/mol. The molecule has 4 rings (SSSR count). The lowest BCUT2D eigenvalue weighted by Gasteiger charge is -2.06. The van der Waals surface area contributed by atoms with Crippen molar-refractivity contribution in [3.63, 3.8) is 0 Å². The summed E-state index contributed by atoms with van der Waals surface area (Å²) in [6.07, 6.45) is 3.26. The predicted molar refractivity (Wildman–Crippen MR) is 115 cm³/mol. The molecule has 9 heteroatoms. The van der Waals surface area contributed by atoms with Crippen LogP contribution in [0.5, 0.6) is 5.75 Å². The maximum absolute atomic E-state index is 13.1. The van der Waals surface area contributed by atoms with Gasteiger partial charge in [0.1, 0.15) is 23.9 Å². The van der Waals surface area contributed by atoms with E-state index in [9.17, 15) is 9.18 Å². The predicted octanol–water partition coefficient (Wildman–Crippen LogP) is 5.80. The van der Waals surface area contributed by atoms with Crippen LogP contribution in [0, 0.1) is 5.82 Å². The Labute approximate surface area is 187 Å². The van der Waals surface area contributed by atoms with Crippen molar-refractivity contribution in [2.75, 3.05) is 5.32 Å². The largest absolute Gasteiger partial charge is 0.484 e. The monoisotopic (exact) mass is 459 g/mol. The molecule has 0 unspecified atom stereocenters. The van der Waals surface area contributed by atoms with E-state index in [1.807, 2.05) is 18.2 Å². The van der Waals surface area contributed by atoms with Gasteiger partial charge in [-0.3, -0.25) is 9.48 Å². The van der Waals surface area contributed by atoms with Crippen LogP contribution in [0.15, 0.2) is 71.4 Å². The number of carbonyl (C=O) groups excluding carboxylic acids is 1. The second kappa shape index (κ2) is 9.24. The van der Waals surface area contributed by atoms with Crippen molar-refractivity contribution >= 4 is 34.8 Å². The summed E-state index contributed by atoms with van der Waals surface area (Å²) in [5.41, 5.74) is 1.52. The summed E-state index contributed by atoms with van der Waals surface area (Å²) in [4.78, 5) is 12.4. The van der Waals surface area contributed by atoms with E-state index in [1.165, 1.54) is 18.2 Å². The highest BCUT2D eigenvalue weighted by Gasteiger charge is 2.13. The van der Waals surface area contributed by atoms with Gasteiger partial charge < -0.3 is 14.5 Å². The van der Waals surface area contributed by atoms with Gasteiger partial charge in [-0.15, -0.1) is 0 Å². The lowest BCUT2D eigenvalue weighted by Crippen LogP contribution is -2.10. The third-order valence-electron chi connectivity index (χ3n) is 4.27. The van der Waals surface area contributed by atoms with Crippen molar-refractivity contribution in [1.82, 2.24) is 9.78 Å². The van der Waals surface area contributed by atoms with Gasteiger partial charge in [0.25, 0.3) is 5.91 Å². The van der Waals surface area contributed by atoms with Crippen LogP contribution in [-0.2, 0) is 13.2 Å². The number of anilines is 1. The summed E-state index contributed by atoms with van der Waals surface area (Å²) < 4.78 is 25.8. The molecule has 2 heterocycles. The van der Waals surface area contributed by atoms with Gasteiger partial charge >= 0.3 is 0 Å². The van der Waals surface area contributed by atoms with Crippen LogP contribution >= 0.6 is 23.2 Å². The van der Waals surface area contributed by atoms with Crippen molar-refractivity contribution in [3.8, 4) is 5.75 Å². The molecule has 2 aromatic carbocycles. The lowest BCUT2D eigenvalue weighted by atomic mass is 10.2. The van der Waals surface area contributed by atoms with Gasteiger partial charge in [-0.25, -0.2) is 4.39 Å². The summed E-state index contributed by atoms with van der Waals surface area (Å²) in [5.74, 6) is -0.0234. The van der Waals surface area contributed by atoms with E-state index in [1.54, 1.807) is 29.2 Å². The fourth-order valence-electron chi connectivity index (χ4n) is 2.85. The zero-order valence-electron chi connectivity index (χ0n) is 16.0. The summed E-state index contributed by atoms with van der Waals surface area (Å²) in [6, 6.07) is 14.5. The van der Waals surface area contributed by atoms with Gasteiger partial charge in [0.2, 0.25) is 0 Å². The fraction of sp³-hybridized carbons (Fsp3) is 0.0909. The SMILES string of the molecule is O=C(Nc1cnn(Cc2cccc(Cl)c2)c1)c1ccc(COc2ccc(F)cc2Cl)o1. The number of hydrogen-bond donors (Lipinski definition) is 1. The molecule has 2 aromatic heterocycles. The Bertz CT molecular complexity index is 1220. The van der Waals surface area contributed by atoms with Crippen molar-refractivity contribution < 1.29 is 18.3 Å². The first-order chi connectivity index (χ1) is 15.0. The molecule has 4 aromatic rings. The molecule has 0 radical (unpaired) electrons. The minimum atomic E-state index is -0.454. The van der Waals surface area contributed by atoms with Gasteiger partial charge in [-0.2, -0.15) is 5.10 Å². The number of nitrogens with zero attached hydrogens (tertiary/aromatic N) is 2. The lowest BCUT2D eigenvalue weighted by molar-refractivity contribution is 0.0992. The van der Waals surface area contributed by atoms with E-state index in [0.717, 1.165) is 11.6 Å².